The number of hydrogen-bond acceptors (Lipinski definition) is 9. The van der Waals surface area contributed by atoms with Crippen LogP contribution in [0.2, 0.25) is 0 Å². The molecule has 6 atom stereocenters. The maximum absolute atomic E-state index is 13.8. The molecule has 1 aromatic rings. The van der Waals surface area contributed by atoms with Gasteiger partial charge in [-0.15, -0.1) is 0 Å². The van der Waals surface area contributed by atoms with E-state index in [0.29, 0.717) is 23.3 Å². The number of piperazine rings is 1. The zero-order valence-corrected chi connectivity index (χ0v) is 23.9. The Hall–Kier alpha value is -3.63. The summed E-state index contributed by atoms with van der Waals surface area (Å²) in [5.74, 6) is -0.327. The third kappa shape index (κ3) is 3.14. The number of phenolic OH excluding ortho intramolecular Hbond substituents is 1. The number of aryl methyl sites for hydroxylation is 1. The first-order valence-corrected chi connectivity index (χ1v) is 13.7. The summed E-state index contributed by atoms with van der Waals surface area (Å²) in [6, 6.07) is 0.0656. The van der Waals surface area contributed by atoms with E-state index in [-0.39, 0.29) is 59.2 Å². The summed E-state index contributed by atoms with van der Waals surface area (Å²) < 4.78 is 11.0. The van der Waals surface area contributed by atoms with E-state index in [1.54, 1.807) is 21.0 Å². The first-order chi connectivity index (χ1) is 18.9. The van der Waals surface area contributed by atoms with Gasteiger partial charge >= 0.3 is 0 Å². The van der Waals surface area contributed by atoms with Gasteiger partial charge in [0, 0.05) is 46.6 Å². The van der Waals surface area contributed by atoms with Crippen LogP contribution in [0.15, 0.2) is 40.3 Å². The molecule has 6 rings (SSSR count). The third-order valence-corrected chi connectivity index (χ3v) is 9.56. The molecule has 1 unspecified atom stereocenters. The molecule has 10 nitrogen and oxygen atoms in total. The molecule has 1 amide bonds. The molecule has 1 aliphatic carbocycles. The zero-order valence-electron chi connectivity index (χ0n) is 23.9. The number of Topliss-reactive ketones (excluding diaryl/α,β-unsaturated/α-hetero) is 2. The van der Waals surface area contributed by atoms with Gasteiger partial charge in [-0.25, -0.2) is 0 Å². The SMILES string of the molecule is COC1=C(C)C(=O)C2=C(C1=O)[C@H](CNC(=O)[C@H](C)N)N1C(C2)[C@H]2c3c(cc(C)c(OC)c3O)[C@@]3(C)C=C([C@@H]1C)N23. The lowest BCUT2D eigenvalue weighted by molar-refractivity contribution is -0.124. The number of ether oxygens (including phenoxy) is 2. The number of hydrogen-bond donors (Lipinski definition) is 3. The van der Waals surface area contributed by atoms with Crippen LogP contribution in [-0.2, 0) is 24.7 Å². The molecule has 0 spiro atoms. The van der Waals surface area contributed by atoms with Gasteiger partial charge in [0.2, 0.25) is 11.7 Å². The zero-order chi connectivity index (χ0) is 29.0. The standard InChI is InChI=1S/C30H36N4O6/c1-12-8-17-22(26(37)27(12)39-6)23-18-9-16-21(25(36)28(40-7)13(2)24(16)35)20(11-32-29(38)14(3)31)33(18)15(4)19-10-30(17,5)34(19)23/h8,10,14-15,18,20,23,37H,9,11,31H2,1-7H3,(H,32,38)/t14-,15-,18?,20-,23-,30+/m0/s1. The Balaban J connectivity index is 1.55. The lowest BCUT2D eigenvalue weighted by atomic mass is 9.73. The van der Waals surface area contributed by atoms with Crippen LogP contribution in [0.3, 0.4) is 0 Å². The minimum absolute atomic E-state index is 0.0384. The van der Waals surface area contributed by atoms with Gasteiger partial charge in [0.1, 0.15) is 0 Å². The average molecular weight is 549 g/mol. The maximum Gasteiger partial charge on any atom is 0.236 e. The summed E-state index contributed by atoms with van der Waals surface area (Å²) in [5, 5.41) is 14.5. The monoisotopic (exact) mass is 548 g/mol. The number of nitrogens with two attached hydrogens (primary N) is 1. The summed E-state index contributed by atoms with van der Waals surface area (Å²) in [7, 11) is 2.94. The topological polar surface area (TPSA) is 134 Å². The Morgan fingerprint density at radius 3 is 2.58 bits per heavy atom. The largest absolute Gasteiger partial charge is 0.504 e. The van der Waals surface area contributed by atoms with Crippen LogP contribution in [0, 0.1) is 6.92 Å². The molecule has 1 aromatic carbocycles. The number of benzene rings is 1. The molecule has 1 saturated heterocycles. The van der Waals surface area contributed by atoms with E-state index in [1.807, 2.05) is 6.92 Å². The number of nitrogens with one attached hydrogen (secondary N) is 1. The molecule has 0 bridgehead atoms. The maximum atomic E-state index is 13.8. The molecule has 1 fully saturated rings. The molecule has 4 N–H and O–H groups in total. The van der Waals surface area contributed by atoms with Crippen LogP contribution in [0.25, 0.3) is 0 Å². The fourth-order valence-corrected chi connectivity index (χ4v) is 7.80. The number of carbonyl (C=O) groups is 3. The van der Waals surface area contributed by atoms with Crippen molar-refractivity contribution in [2.24, 2.45) is 5.73 Å². The molecule has 0 aromatic heterocycles. The van der Waals surface area contributed by atoms with E-state index in [1.165, 1.54) is 7.11 Å². The van der Waals surface area contributed by atoms with Gasteiger partial charge in [-0.2, -0.15) is 0 Å². The van der Waals surface area contributed by atoms with E-state index < -0.39 is 17.6 Å². The van der Waals surface area contributed by atoms with Crippen LogP contribution >= 0.6 is 0 Å². The average Bonchev–Trinajstić information content (AvgIpc) is 3.10. The second kappa shape index (κ2) is 8.68. The molecular weight excluding hydrogens is 512 g/mol. The molecular formula is C30H36N4O6. The van der Waals surface area contributed by atoms with Gasteiger partial charge in [-0.1, -0.05) is 0 Å². The Morgan fingerprint density at radius 1 is 1.25 bits per heavy atom. The van der Waals surface area contributed by atoms with E-state index in [4.69, 9.17) is 15.2 Å². The van der Waals surface area contributed by atoms with Gasteiger partial charge in [0.25, 0.3) is 0 Å². The van der Waals surface area contributed by atoms with Crippen molar-refractivity contribution in [3.8, 4) is 11.5 Å². The highest BCUT2D eigenvalue weighted by molar-refractivity contribution is 6.25. The summed E-state index contributed by atoms with van der Waals surface area (Å²) in [5.41, 5.74) is 10.2. The van der Waals surface area contributed by atoms with Gasteiger partial charge in [-0.3, -0.25) is 19.3 Å². The fourth-order valence-electron chi connectivity index (χ4n) is 7.80. The number of allylic oxidation sites excluding steroid dienone is 2. The summed E-state index contributed by atoms with van der Waals surface area (Å²) in [4.78, 5) is 44.7. The molecule has 212 valence electrons. The number of fused-ring (bicyclic) bond motifs is 5. The highest BCUT2D eigenvalue weighted by atomic mass is 16.5. The van der Waals surface area contributed by atoms with Crippen LogP contribution in [0.5, 0.6) is 11.5 Å². The number of nitrogens with zero attached hydrogens (tertiary/aromatic N) is 2. The predicted octanol–water partition coefficient (Wildman–Crippen LogP) is 1.86. The van der Waals surface area contributed by atoms with Crippen molar-refractivity contribution in [3.63, 3.8) is 0 Å². The molecule has 5 aliphatic rings. The highest BCUT2D eigenvalue weighted by Gasteiger charge is 2.64. The van der Waals surface area contributed by atoms with Crippen molar-refractivity contribution in [2.75, 3.05) is 20.8 Å². The van der Waals surface area contributed by atoms with Crippen molar-refractivity contribution >= 4 is 17.5 Å². The van der Waals surface area contributed by atoms with Crippen LogP contribution in [0.4, 0.5) is 0 Å². The Morgan fingerprint density at radius 2 is 1.95 bits per heavy atom. The van der Waals surface area contributed by atoms with Crippen LogP contribution in [0.1, 0.15) is 56.8 Å². The number of rotatable bonds is 5. The van der Waals surface area contributed by atoms with Crippen LogP contribution < -0.4 is 15.8 Å². The molecule has 0 saturated carbocycles. The number of aromatic hydroxyl groups is 1. The van der Waals surface area contributed by atoms with Gasteiger partial charge in [0.05, 0.1) is 37.9 Å². The Kier molecular flexibility index (Phi) is 5.77. The summed E-state index contributed by atoms with van der Waals surface area (Å²) in [6.45, 7) is 9.46. The number of amides is 1. The highest BCUT2D eigenvalue weighted by Crippen LogP contribution is 2.65. The minimum Gasteiger partial charge on any atom is -0.504 e. The summed E-state index contributed by atoms with van der Waals surface area (Å²) >= 11 is 0. The van der Waals surface area contributed by atoms with Crippen molar-refractivity contribution in [3.05, 3.63) is 57.0 Å². The van der Waals surface area contributed by atoms with Gasteiger partial charge in [-0.05, 0) is 64.3 Å². The first kappa shape index (κ1) is 26.6. The second-order valence-electron chi connectivity index (χ2n) is 11.7. The van der Waals surface area contributed by atoms with E-state index in [2.05, 4.69) is 41.1 Å². The lowest BCUT2D eigenvalue weighted by Crippen LogP contribution is -2.68. The number of methoxy groups -OCH3 is 2. The molecule has 10 heteroatoms. The molecule has 4 aliphatic heterocycles. The van der Waals surface area contributed by atoms with Crippen molar-refractivity contribution in [2.45, 2.75) is 76.8 Å². The van der Waals surface area contributed by atoms with Crippen molar-refractivity contribution in [1.29, 1.82) is 0 Å². The van der Waals surface area contributed by atoms with Gasteiger partial charge in [0.15, 0.2) is 23.0 Å². The van der Waals surface area contributed by atoms with Gasteiger partial charge < -0.3 is 30.5 Å². The predicted molar refractivity (Wildman–Crippen MR) is 146 cm³/mol. The number of ketones is 2. The lowest BCUT2D eigenvalue weighted by Gasteiger charge is -2.62. The van der Waals surface area contributed by atoms with E-state index in [0.717, 1.165) is 22.4 Å². The van der Waals surface area contributed by atoms with Crippen molar-refractivity contribution < 1.29 is 29.0 Å². The van der Waals surface area contributed by atoms with Crippen LogP contribution in [-0.4, -0.2) is 77.3 Å². The second-order valence-corrected chi connectivity index (χ2v) is 11.7. The van der Waals surface area contributed by atoms with Crippen molar-refractivity contribution in [1.82, 2.24) is 15.1 Å². The molecule has 40 heavy (non-hydrogen) atoms. The Labute approximate surface area is 233 Å². The quantitative estimate of drug-likeness (QED) is 0.471. The normalized spacial score (nSPS) is 31.1. The third-order valence-electron chi connectivity index (χ3n) is 9.56. The fraction of sp³-hybridized carbons (Fsp3) is 0.500. The smallest absolute Gasteiger partial charge is 0.236 e. The Bertz CT molecular complexity index is 1490. The van der Waals surface area contributed by atoms with E-state index >= 15 is 0 Å². The minimum atomic E-state index is -0.730. The first-order valence-electron chi connectivity index (χ1n) is 13.7. The van der Waals surface area contributed by atoms with E-state index in [9.17, 15) is 19.5 Å². The summed E-state index contributed by atoms with van der Waals surface area (Å²) in [6.07, 6.45) is 2.54. The molecule has 0 radical (unpaired) electrons. The number of phenols is 1. The number of carbonyl (C=O) groups excluding carboxylic acids is 3. The molecule has 4 heterocycles.